The summed E-state index contributed by atoms with van der Waals surface area (Å²) in [6.07, 6.45) is 8.14. The van der Waals surface area contributed by atoms with Crippen LogP contribution in [0.15, 0.2) is 0 Å². The predicted molar refractivity (Wildman–Crippen MR) is 126 cm³/mol. The highest BCUT2D eigenvalue weighted by molar-refractivity contribution is 4.61. The van der Waals surface area contributed by atoms with Crippen LogP contribution in [0.2, 0.25) is 0 Å². The van der Waals surface area contributed by atoms with Gasteiger partial charge in [0, 0.05) is 0 Å². The molecule has 0 aliphatic rings. The van der Waals surface area contributed by atoms with Gasteiger partial charge in [-0.15, -0.1) is 0 Å². The summed E-state index contributed by atoms with van der Waals surface area (Å²) in [4.78, 5) is 0. The zero-order chi connectivity index (χ0) is 21.8. The number of nitrogens with zero attached hydrogens (tertiary/aromatic N) is 2. The van der Waals surface area contributed by atoms with Crippen LogP contribution in [0.5, 0.6) is 0 Å². The van der Waals surface area contributed by atoms with Crippen LogP contribution in [0.3, 0.4) is 0 Å². The van der Waals surface area contributed by atoms with E-state index in [1.165, 1.54) is 75.7 Å². The van der Waals surface area contributed by atoms with Crippen molar-refractivity contribution in [3.63, 3.8) is 0 Å². The Hall–Kier alpha value is -0.0800. The van der Waals surface area contributed by atoms with Gasteiger partial charge < -0.3 is 8.97 Å². The van der Waals surface area contributed by atoms with Crippen LogP contribution < -0.4 is 0 Å². The Labute approximate surface area is 174 Å². The van der Waals surface area contributed by atoms with Crippen LogP contribution in [0.25, 0.3) is 0 Å². The zero-order valence-electron chi connectivity index (χ0n) is 21.7. The molecule has 0 N–H and O–H groups in total. The molecule has 0 saturated heterocycles. The first-order valence-corrected chi connectivity index (χ1v) is 11.8. The summed E-state index contributed by atoms with van der Waals surface area (Å²) < 4.78 is 2.43. The number of quaternary nitrogens is 2. The topological polar surface area (TPSA) is 0 Å². The highest BCUT2D eigenvalue weighted by atomic mass is 15.3. The average Bonchev–Trinajstić information content (AvgIpc) is 2.48. The largest absolute Gasteiger partial charge is 0.331 e. The van der Waals surface area contributed by atoms with Gasteiger partial charge in [-0.3, -0.25) is 0 Å². The molecule has 0 heterocycles. The Kier molecular flexibility index (Phi) is 14.2. The normalized spacial score (nSPS) is 13.3. The molecule has 0 rings (SSSR count). The maximum atomic E-state index is 2.36. The fourth-order valence-electron chi connectivity index (χ4n) is 3.49. The van der Waals surface area contributed by atoms with E-state index in [0.717, 1.165) is 4.48 Å². The van der Waals surface area contributed by atoms with E-state index in [4.69, 9.17) is 0 Å². The van der Waals surface area contributed by atoms with E-state index in [-0.39, 0.29) is 0 Å². The Morgan fingerprint density at radius 2 is 0.926 bits per heavy atom. The van der Waals surface area contributed by atoms with Gasteiger partial charge in [-0.2, -0.15) is 0 Å². The number of unbranched alkanes of at least 4 members (excludes halogenated alkanes) is 1. The number of hydrogen-bond donors (Lipinski definition) is 0. The summed E-state index contributed by atoms with van der Waals surface area (Å²) in [6.45, 7) is 27.7. The predicted octanol–water partition coefficient (Wildman–Crippen LogP) is 6.99. The third-order valence-electron chi connectivity index (χ3n) is 5.64. The van der Waals surface area contributed by atoms with Gasteiger partial charge in [0.15, 0.2) is 0 Å². The first kappa shape index (κ1) is 29.1. The lowest BCUT2D eigenvalue weighted by atomic mass is 9.90. The maximum Gasteiger partial charge on any atom is 0.0786 e. The van der Waals surface area contributed by atoms with E-state index in [1.807, 2.05) is 0 Å². The lowest BCUT2D eigenvalue weighted by Gasteiger charge is -2.37. The second-order valence-corrected chi connectivity index (χ2v) is 12.1. The minimum atomic E-state index is 0.502. The van der Waals surface area contributed by atoms with Crippen molar-refractivity contribution in [2.24, 2.45) is 10.8 Å². The van der Waals surface area contributed by atoms with Gasteiger partial charge >= 0.3 is 0 Å². The van der Waals surface area contributed by atoms with Crippen LogP contribution in [0, 0.1) is 10.8 Å². The van der Waals surface area contributed by atoms with Crippen molar-refractivity contribution in [2.45, 2.75) is 101 Å². The summed E-state index contributed by atoms with van der Waals surface area (Å²) in [5, 5.41) is 0. The van der Waals surface area contributed by atoms with Crippen LogP contribution in [-0.2, 0) is 0 Å². The van der Waals surface area contributed by atoms with E-state index >= 15 is 0 Å². The molecule has 166 valence electrons. The molecule has 0 aromatic carbocycles. The van der Waals surface area contributed by atoms with Gasteiger partial charge in [-0.1, -0.05) is 54.9 Å². The summed E-state index contributed by atoms with van der Waals surface area (Å²) in [7, 11) is 6.76. The molecule has 0 unspecified atom stereocenters. The molecule has 0 fully saturated rings. The summed E-state index contributed by atoms with van der Waals surface area (Å²) >= 11 is 0. The number of rotatable bonds is 11. The monoisotopic (exact) mass is 386 g/mol. The molecule has 0 bridgehead atoms. The molecule has 0 spiro atoms. The molecular formula is C25H58N2+2. The molecule has 0 atom stereocenters. The van der Waals surface area contributed by atoms with E-state index < -0.39 is 0 Å². The molecule has 0 aromatic heterocycles. The lowest BCUT2D eigenvalue weighted by molar-refractivity contribution is -0.925. The zero-order valence-corrected chi connectivity index (χ0v) is 21.7. The van der Waals surface area contributed by atoms with Crippen molar-refractivity contribution in [2.75, 3.05) is 53.9 Å². The molecule has 2 nitrogen and oxygen atoms in total. The molecule has 0 aliphatic carbocycles. The highest BCUT2D eigenvalue weighted by Gasteiger charge is 2.23. The first-order chi connectivity index (χ1) is 12.1. The molecule has 0 amide bonds. The summed E-state index contributed by atoms with van der Waals surface area (Å²) in [5.41, 5.74) is 1.01. The lowest BCUT2D eigenvalue weighted by Crippen LogP contribution is -2.49. The summed E-state index contributed by atoms with van der Waals surface area (Å²) in [6, 6.07) is 0. The molecule has 27 heavy (non-hydrogen) atoms. The minimum Gasteiger partial charge on any atom is -0.331 e. The van der Waals surface area contributed by atoms with Crippen molar-refractivity contribution < 1.29 is 8.97 Å². The van der Waals surface area contributed by atoms with Gasteiger partial charge in [-0.25, -0.2) is 0 Å². The van der Waals surface area contributed by atoms with Crippen LogP contribution in [0.1, 0.15) is 101 Å². The van der Waals surface area contributed by atoms with Gasteiger partial charge in [-0.05, 0) is 56.8 Å². The SMILES string of the molecule is CC(C)(C)CCC[N+](C)(C)C.CCCC[N+](CC)(CC)CCCC(C)(C)C. The van der Waals surface area contributed by atoms with Crippen LogP contribution >= 0.6 is 0 Å². The van der Waals surface area contributed by atoms with E-state index in [0.29, 0.717) is 10.8 Å². The second-order valence-electron chi connectivity index (χ2n) is 12.1. The van der Waals surface area contributed by atoms with Crippen molar-refractivity contribution in [3.05, 3.63) is 0 Å². The van der Waals surface area contributed by atoms with E-state index in [9.17, 15) is 0 Å². The van der Waals surface area contributed by atoms with Gasteiger partial charge in [0.1, 0.15) is 0 Å². The first-order valence-electron chi connectivity index (χ1n) is 11.8. The third-order valence-corrected chi connectivity index (χ3v) is 5.64. The standard InChI is InChI=1S/C15H34N.C10H24N/c1-7-10-13-16(8-2,9-3)14-11-12-15(4,5)6;1-10(2,3)8-7-9-11(4,5)6/h7-14H2,1-6H3;7-9H2,1-6H3/q2*+1. The second kappa shape index (κ2) is 13.2. The molecule has 0 radical (unpaired) electrons. The van der Waals surface area contributed by atoms with E-state index in [2.05, 4.69) is 83.5 Å². The Bertz CT molecular complexity index is 321. The maximum absolute atomic E-state index is 2.36. The fraction of sp³-hybridized carbons (Fsp3) is 1.00. The third kappa shape index (κ3) is 20.5. The smallest absolute Gasteiger partial charge is 0.0786 e. The van der Waals surface area contributed by atoms with Crippen molar-refractivity contribution in [1.29, 1.82) is 0 Å². The Morgan fingerprint density at radius 3 is 1.22 bits per heavy atom. The van der Waals surface area contributed by atoms with Crippen LogP contribution in [0.4, 0.5) is 0 Å². The van der Waals surface area contributed by atoms with Gasteiger partial charge in [0.05, 0.1) is 53.9 Å². The van der Waals surface area contributed by atoms with Crippen LogP contribution in [-0.4, -0.2) is 62.8 Å². The molecular weight excluding hydrogens is 328 g/mol. The average molecular weight is 387 g/mol. The van der Waals surface area contributed by atoms with Crippen molar-refractivity contribution in [3.8, 4) is 0 Å². The number of hydrogen-bond acceptors (Lipinski definition) is 0. The Morgan fingerprint density at radius 1 is 0.556 bits per heavy atom. The summed E-state index contributed by atoms with van der Waals surface area (Å²) in [5.74, 6) is 0. The molecule has 0 saturated carbocycles. The molecule has 0 aliphatic heterocycles. The quantitative estimate of drug-likeness (QED) is 0.336. The Balaban J connectivity index is 0. The fourth-order valence-corrected chi connectivity index (χ4v) is 3.49. The van der Waals surface area contributed by atoms with Gasteiger partial charge in [0.2, 0.25) is 0 Å². The van der Waals surface area contributed by atoms with Crippen molar-refractivity contribution in [1.82, 2.24) is 0 Å². The van der Waals surface area contributed by atoms with Crippen molar-refractivity contribution >= 4 is 0 Å². The minimum absolute atomic E-state index is 0.502. The van der Waals surface area contributed by atoms with Gasteiger partial charge in [0.25, 0.3) is 0 Å². The van der Waals surface area contributed by atoms with E-state index in [1.54, 1.807) is 0 Å². The molecule has 0 aromatic rings. The highest BCUT2D eigenvalue weighted by Crippen LogP contribution is 2.22. The molecule has 2 heteroatoms.